The molecule has 0 radical (unpaired) electrons. The van der Waals surface area contributed by atoms with Crippen molar-refractivity contribution < 1.29 is 23.1 Å². The second-order valence-corrected chi connectivity index (χ2v) is 5.95. The zero-order valence-corrected chi connectivity index (χ0v) is 14.2. The number of para-hydroxylation sites is 2. The normalized spacial score (nSPS) is 16.0. The minimum atomic E-state index is -0.690. The number of amides is 2. The standard InChI is InChI=1S/C19H18F2N2O3/c1-12-19(25)23(16-7-2-3-8-17(16)26-12)11-18(24)22-10-9-13-14(20)5-4-6-15(13)21/h2-8,12H,9-11H2,1H3,(H,22,24)/t12-/m0/s1. The van der Waals surface area contributed by atoms with E-state index in [-0.39, 0.29) is 31.0 Å². The maximum Gasteiger partial charge on any atom is 0.268 e. The highest BCUT2D eigenvalue weighted by atomic mass is 19.1. The number of hydrogen-bond acceptors (Lipinski definition) is 3. The molecule has 0 bridgehead atoms. The van der Waals surface area contributed by atoms with Crippen molar-refractivity contribution in [3.63, 3.8) is 0 Å². The number of ether oxygens (including phenoxy) is 1. The van der Waals surface area contributed by atoms with Crippen molar-refractivity contribution in [2.24, 2.45) is 0 Å². The number of nitrogens with one attached hydrogen (secondary N) is 1. The summed E-state index contributed by atoms with van der Waals surface area (Å²) in [6, 6.07) is 10.6. The minimum absolute atomic E-state index is 0.0221. The molecule has 0 fully saturated rings. The van der Waals surface area contributed by atoms with Crippen LogP contribution >= 0.6 is 0 Å². The number of hydrogen-bond donors (Lipinski definition) is 1. The maximum absolute atomic E-state index is 13.6. The van der Waals surface area contributed by atoms with Crippen LogP contribution in [0.5, 0.6) is 5.75 Å². The monoisotopic (exact) mass is 360 g/mol. The van der Waals surface area contributed by atoms with Gasteiger partial charge in [0.15, 0.2) is 6.10 Å². The molecule has 1 aliphatic rings. The average Bonchev–Trinajstić information content (AvgIpc) is 2.61. The van der Waals surface area contributed by atoms with Crippen LogP contribution in [0.4, 0.5) is 14.5 Å². The lowest BCUT2D eigenvalue weighted by molar-refractivity contribution is -0.128. The Morgan fingerprint density at radius 3 is 2.58 bits per heavy atom. The Hall–Kier alpha value is -2.96. The number of rotatable bonds is 5. The quantitative estimate of drug-likeness (QED) is 0.891. The molecule has 1 aliphatic heterocycles. The largest absolute Gasteiger partial charge is 0.479 e. The van der Waals surface area contributed by atoms with Crippen molar-refractivity contribution >= 4 is 17.5 Å². The van der Waals surface area contributed by atoms with Crippen LogP contribution in [0.3, 0.4) is 0 Å². The predicted octanol–water partition coefficient (Wildman–Crippen LogP) is 2.44. The molecule has 7 heteroatoms. The molecule has 0 saturated carbocycles. The number of nitrogens with zero attached hydrogens (tertiary/aromatic N) is 1. The molecule has 0 saturated heterocycles. The first-order valence-electron chi connectivity index (χ1n) is 8.24. The summed E-state index contributed by atoms with van der Waals surface area (Å²) in [5.41, 5.74) is 0.445. The van der Waals surface area contributed by atoms with Crippen LogP contribution in [-0.4, -0.2) is 31.0 Å². The second-order valence-electron chi connectivity index (χ2n) is 5.95. The number of fused-ring (bicyclic) bond motifs is 1. The topological polar surface area (TPSA) is 58.6 Å². The second kappa shape index (κ2) is 7.51. The number of carbonyl (C=O) groups is 2. The predicted molar refractivity (Wildman–Crippen MR) is 92.0 cm³/mol. The number of benzene rings is 2. The molecule has 5 nitrogen and oxygen atoms in total. The summed E-state index contributed by atoms with van der Waals surface area (Å²) in [6.07, 6.45) is -0.668. The van der Waals surface area contributed by atoms with Gasteiger partial charge in [-0.05, 0) is 37.6 Å². The maximum atomic E-state index is 13.6. The Morgan fingerprint density at radius 2 is 1.85 bits per heavy atom. The molecule has 0 spiro atoms. The van der Waals surface area contributed by atoms with E-state index in [4.69, 9.17) is 4.74 Å². The van der Waals surface area contributed by atoms with Gasteiger partial charge in [0.2, 0.25) is 5.91 Å². The molecule has 1 N–H and O–H groups in total. The van der Waals surface area contributed by atoms with E-state index in [2.05, 4.69) is 5.32 Å². The van der Waals surface area contributed by atoms with Crippen LogP contribution in [0.2, 0.25) is 0 Å². The lowest BCUT2D eigenvalue weighted by atomic mass is 10.1. The molecule has 0 aliphatic carbocycles. The van der Waals surface area contributed by atoms with E-state index in [0.29, 0.717) is 11.4 Å². The van der Waals surface area contributed by atoms with Gasteiger partial charge in [0.1, 0.15) is 23.9 Å². The molecule has 2 amide bonds. The Kier molecular flexibility index (Phi) is 5.16. The Balaban J connectivity index is 1.62. The van der Waals surface area contributed by atoms with Crippen LogP contribution in [0.15, 0.2) is 42.5 Å². The molecule has 2 aromatic carbocycles. The fourth-order valence-corrected chi connectivity index (χ4v) is 2.82. The zero-order chi connectivity index (χ0) is 18.7. The average molecular weight is 360 g/mol. The van der Waals surface area contributed by atoms with Crippen molar-refractivity contribution in [2.45, 2.75) is 19.4 Å². The number of carbonyl (C=O) groups excluding carboxylic acids is 2. The van der Waals surface area contributed by atoms with E-state index in [0.717, 1.165) is 0 Å². The molecule has 26 heavy (non-hydrogen) atoms. The summed E-state index contributed by atoms with van der Waals surface area (Å²) in [4.78, 5) is 25.9. The smallest absolute Gasteiger partial charge is 0.268 e. The minimum Gasteiger partial charge on any atom is -0.479 e. The van der Waals surface area contributed by atoms with Crippen LogP contribution in [-0.2, 0) is 16.0 Å². The van der Waals surface area contributed by atoms with Gasteiger partial charge < -0.3 is 10.1 Å². The van der Waals surface area contributed by atoms with Gasteiger partial charge in [-0.3, -0.25) is 14.5 Å². The third-order valence-corrected chi connectivity index (χ3v) is 4.13. The van der Waals surface area contributed by atoms with Crippen molar-refractivity contribution in [1.29, 1.82) is 0 Å². The fourth-order valence-electron chi connectivity index (χ4n) is 2.82. The van der Waals surface area contributed by atoms with Gasteiger partial charge in [0, 0.05) is 12.1 Å². The third kappa shape index (κ3) is 3.66. The first-order valence-corrected chi connectivity index (χ1v) is 8.24. The van der Waals surface area contributed by atoms with Crippen molar-refractivity contribution in [3.05, 3.63) is 59.7 Å². The highest BCUT2D eigenvalue weighted by Gasteiger charge is 2.32. The van der Waals surface area contributed by atoms with Crippen molar-refractivity contribution in [3.8, 4) is 5.75 Å². The summed E-state index contributed by atoms with van der Waals surface area (Å²) in [5, 5.41) is 2.59. The summed E-state index contributed by atoms with van der Waals surface area (Å²) in [5.74, 6) is -1.51. The third-order valence-electron chi connectivity index (χ3n) is 4.13. The van der Waals surface area contributed by atoms with E-state index in [1.165, 1.54) is 23.1 Å². The molecule has 3 rings (SSSR count). The highest BCUT2D eigenvalue weighted by Crippen LogP contribution is 2.33. The van der Waals surface area contributed by atoms with E-state index in [1.54, 1.807) is 31.2 Å². The van der Waals surface area contributed by atoms with E-state index >= 15 is 0 Å². The highest BCUT2D eigenvalue weighted by molar-refractivity contribution is 6.03. The Labute approximate surface area is 149 Å². The summed E-state index contributed by atoms with van der Waals surface area (Å²) >= 11 is 0. The van der Waals surface area contributed by atoms with E-state index in [9.17, 15) is 18.4 Å². The summed E-state index contributed by atoms with van der Waals surface area (Å²) < 4.78 is 32.7. The zero-order valence-electron chi connectivity index (χ0n) is 14.2. The molecule has 1 atom stereocenters. The Bertz CT molecular complexity index is 821. The lowest BCUT2D eigenvalue weighted by Gasteiger charge is -2.32. The molecule has 1 heterocycles. The van der Waals surface area contributed by atoms with E-state index < -0.39 is 23.6 Å². The van der Waals surface area contributed by atoms with Gasteiger partial charge in [-0.25, -0.2) is 8.78 Å². The van der Waals surface area contributed by atoms with Gasteiger partial charge in [-0.15, -0.1) is 0 Å². The van der Waals surface area contributed by atoms with Crippen molar-refractivity contribution in [2.75, 3.05) is 18.0 Å². The van der Waals surface area contributed by atoms with Crippen molar-refractivity contribution in [1.82, 2.24) is 5.32 Å². The number of anilines is 1. The lowest BCUT2D eigenvalue weighted by Crippen LogP contribution is -2.49. The molecular weight excluding hydrogens is 342 g/mol. The Morgan fingerprint density at radius 1 is 1.15 bits per heavy atom. The van der Waals surface area contributed by atoms with Crippen LogP contribution in [0.25, 0.3) is 0 Å². The first kappa shape index (κ1) is 17.8. The molecule has 2 aromatic rings. The summed E-state index contributed by atoms with van der Waals surface area (Å²) in [6.45, 7) is 1.49. The van der Waals surface area contributed by atoms with Gasteiger partial charge >= 0.3 is 0 Å². The van der Waals surface area contributed by atoms with Gasteiger partial charge in [0.05, 0.1) is 5.69 Å². The molecule has 136 valence electrons. The molecule has 0 unspecified atom stereocenters. The van der Waals surface area contributed by atoms with Gasteiger partial charge in [-0.1, -0.05) is 18.2 Å². The van der Waals surface area contributed by atoms with Gasteiger partial charge in [0.25, 0.3) is 5.91 Å². The van der Waals surface area contributed by atoms with Crippen LogP contribution in [0, 0.1) is 11.6 Å². The summed E-state index contributed by atoms with van der Waals surface area (Å²) in [7, 11) is 0. The fraction of sp³-hybridized carbons (Fsp3) is 0.263. The SMILES string of the molecule is C[C@@H]1Oc2ccccc2N(CC(=O)NCCc2c(F)cccc2F)C1=O. The van der Waals surface area contributed by atoms with Crippen LogP contribution in [0.1, 0.15) is 12.5 Å². The molecule has 0 aromatic heterocycles. The van der Waals surface area contributed by atoms with Crippen LogP contribution < -0.4 is 15.0 Å². The number of halogens is 2. The van der Waals surface area contributed by atoms with E-state index in [1.807, 2.05) is 0 Å². The first-order chi connectivity index (χ1) is 12.5. The molecular formula is C19H18F2N2O3. The van der Waals surface area contributed by atoms with Gasteiger partial charge in [-0.2, -0.15) is 0 Å².